The topological polar surface area (TPSA) is 80.8 Å². The molecule has 2 aromatic carbocycles. The zero-order valence-electron chi connectivity index (χ0n) is 10.0. The van der Waals surface area contributed by atoms with Crippen molar-refractivity contribution in [2.24, 2.45) is 0 Å². The summed E-state index contributed by atoms with van der Waals surface area (Å²) in [6, 6.07) is 13.4. The Labute approximate surface area is 114 Å². The first-order chi connectivity index (χ1) is 8.74. The van der Waals surface area contributed by atoms with Crippen LogP contribution in [0.3, 0.4) is 0 Å². The van der Waals surface area contributed by atoms with E-state index >= 15 is 0 Å². The number of benzene rings is 2. The van der Waals surface area contributed by atoms with Gasteiger partial charge in [0, 0.05) is 22.0 Å². The number of carboxylic acid groups (broad SMARTS) is 1. The molecule has 2 aromatic rings. The molecule has 1 heterocycles. The Morgan fingerprint density at radius 1 is 1.16 bits per heavy atom. The quantitative estimate of drug-likeness (QED) is 0.838. The van der Waals surface area contributed by atoms with E-state index < -0.39 is 5.97 Å². The fourth-order valence-electron chi connectivity index (χ4n) is 1.95. The van der Waals surface area contributed by atoms with Gasteiger partial charge in [-0.1, -0.05) is 30.0 Å². The summed E-state index contributed by atoms with van der Waals surface area (Å²) in [7, 11) is 0. The van der Waals surface area contributed by atoms with E-state index in [0.717, 1.165) is 17.1 Å². The number of anilines is 1. The second-order valence-corrected chi connectivity index (χ2v) is 5.16. The lowest BCUT2D eigenvalue weighted by Gasteiger charge is -2.07. The molecule has 0 spiro atoms. The Balaban J connectivity index is 0.00000133. The fourth-order valence-corrected chi connectivity index (χ4v) is 2.98. The van der Waals surface area contributed by atoms with E-state index in [1.807, 2.05) is 18.2 Å². The number of carboxylic acids is 1. The van der Waals surface area contributed by atoms with Crippen LogP contribution in [0.5, 0.6) is 0 Å². The average Bonchev–Trinajstić information content (AvgIpc) is 2.56. The monoisotopic (exact) mass is 275 g/mol. The molecule has 0 aromatic heterocycles. The van der Waals surface area contributed by atoms with Crippen LogP contribution in [0.1, 0.15) is 15.9 Å². The van der Waals surface area contributed by atoms with Gasteiger partial charge in [-0.3, -0.25) is 0 Å². The predicted molar refractivity (Wildman–Crippen MR) is 74.9 cm³/mol. The average molecular weight is 275 g/mol. The van der Waals surface area contributed by atoms with Crippen molar-refractivity contribution < 1.29 is 15.4 Å². The molecule has 19 heavy (non-hydrogen) atoms. The van der Waals surface area contributed by atoms with Crippen molar-refractivity contribution in [2.75, 3.05) is 5.32 Å². The summed E-state index contributed by atoms with van der Waals surface area (Å²) >= 11 is 1.67. The van der Waals surface area contributed by atoms with Gasteiger partial charge >= 0.3 is 5.97 Å². The van der Waals surface area contributed by atoms with E-state index in [9.17, 15) is 4.79 Å². The lowest BCUT2D eigenvalue weighted by Crippen LogP contribution is -2.01. The van der Waals surface area contributed by atoms with Gasteiger partial charge in [-0.2, -0.15) is 0 Å². The van der Waals surface area contributed by atoms with Crippen LogP contribution in [-0.2, 0) is 6.54 Å². The number of nitrogens with one attached hydrogen (secondary N) is 1. The molecule has 0 unspecified atom stereocenters. The third-order valence-corrected chi connectivity index (χ3v) is 4.08. The molecular formula is C14H13NO3S. The second kappa shape index (κ2) is 5.34. The van der Waals surface area contributed by atoms with Gasteiger partial charge in [-0.05, 0) is 29.8 Å². The normalized spacial score (nSPS) is 12.2. The van der Waals surface area contributed by atoms with Gasteiger partial charge in [-0.15, -0.1) is 0 Å². The lowest BCUT2D eigenvalue weighted by atomic mass is 10.2. The van der Waals surface area contributed by atoms with Crippen LogP contribution in [0.4, 0.5) is 5.69 Å². The second-order valence-electron chi connectivity index (χ2n) is 4.08. The molecule has 3 rings (SSSR count). The molecule has 5 heteroatoms. The summed E-state index contributed by atoms with van der Waals surface area (Å²) < 4.78 is 0. The standard InChI is InChI=1S/C14H11NO2S.H2O/c16-14(17)9-5-6-13-11(7-9)15-8-10-3-1-2-4-12(10)18-13;/h1-7,15H,8H2,(H,16,17);1H2. The predicted octanol–water partition coefficient (Wildman–Crippen LogP) is 2.64. The smallest absolute Gasteiger partial charge is 0.335 e. The van der Waals surface area contributed by atoms with E-state index in [0.29, 0.717) is 5.56 Å². The largest absolute Gasteiger partial charge is 0.478 e. The Bertz CT molecular complexity index is 628. The number of hydrogen-bond acceptors (Lipinski definition) is 3. The van der Waals surface area contributed by atoms with Crippen LogP contribution in [0.15, 0.2) is 52.3 Å². The van der Waals surface area contributed by atoms with E-state index in [1.54, 1.807) is 23.9 Å². The lowest BCUT2D eigenvalue weighted by molar-refractivity contribution is 0.0697. The summed E-state index contributed by atoms with van der Waals surface area (Å²) in [5.41, 5.74) is 2.43. The van der Waals surface area contributed by atoms with Crippen LogP contribution in [0.25, 0.3) is 0 Å². The summed E-state index contributed by atoms with van der Waals surface area (Å²) in [4.78, 5) is 13.2. The third-order valence-electron chi connectivity index (χ3n) is 2.89. The molecule has 4 N–H and O–H groups in total. The Morgan fingerprint density at radius 3 is 2.74 bits per heavy atom. The summed E-state index contributed by atoms with van der Waals surface area (Å²) in [6.45, 7) is 0.721. The van der Waals surface area contributed by atoms with Crippen molar-refractivity contribution in [1.29, 1.82) is 0 Å². The zero-order chi connectivity index (χ0) is 12.5. The molecule has 98 valence electrons. The van der Waals surface area contributed by atoms with Crippen LogP contribution >= 0.6 is 11.8 Å². The maximum atomic E-state index is 11.0. The summed E-state index contributed by atoms with van der Waals surface area (Å²) in [6.07, 6.45) is 0. The van der Waals surface area contributed by atoms with Crippen molar-refractivity contribution in [2.45, 2.75) is 16.3 Å². The minimum atomic E-state index is -0.897. The molecule has 0 saturated carbocycles. The van der Waals surface area contributed by atoms with Gasteiger partial charge in [0.25, 0.3) is 0 Å². The first-order valence-electron chi connectivity index (χ1n) is 5.61. The van der Waals surface area contributed by atoms with E-state index in [4.69, 9.17) is 5.11 Å². The molecule has 0 bridgehead atoms. The molecule has 0 amide bonds. The van der Waals surface area contributed by atoms with Gasteiger partial charge in [0.15, 0.2) is 0 Å². The minimum Gasteiger partial charge on any atom is -0.478 e. The van der Waals surface area contributed by atoms with Gasteiger partial charge in [0.2, 0.25) is 0 Å². The van der Waals surface area contributed by atoms with E-state index in [1.165, 1.54) is 10.5 Å². The first kappa shape index (κ1) is 13.5. The highest BCUT2D eigenvalue weighted by molar-refractivity contribution is 7.99. The molecule has 4 nitrogen and oxygen atoms in total. The Kier molecular flexibility index (Phi) is 3.78. The highest BCUT2D eigenvalue weighted by Gasteiger charge is 2.14. The third kappa shape index (κ3) is 2.57. The molecule has 0 aliphatic carbocycles. The fraction of sp³-hybridized carbons (Fsp3) is 0.0714. The van der Waals surface area contributed by atoms with Gasteiger partial charge in [0.05, 0.1) is 5.56 Å². The maximum absolute atomic E-state index is 11.0. The zero-order valence-corrected chi connectivity index (χ0v) is 10.8. The van der Waals surface area contributed by atoms with Crippen molar-refractivity contribution in [1.82, 2.24) is 0 Å². The number of fused-ring (bicyclic) bond motifs is 2. The SMILES string of the molecule is O.O=C(O)c1ccc2c(c1)NCc1ccccc1S2. The molecular weight excluding hydrogens is 262 g/mol. The van der Waals surface area contributed by atoms with E-state index in [2.05, 4.69) is 17.4 Å². The Morgan fingerprint density at radius 2 is 1.95 bits per heavy atom. The number of aromatic carboxylic acids is 1. The maximum Gasteiger partial charge on any atom is 0.335 e. The van der Waals surface area contributed by atoms with Crippen molar-refractivity contribution in [3.8, 4) is 0 Å². The molecule has 0 saturated heterocycles. The highest BCUT2D eigenvalue weighted by atomic mass is 32.2. The first-order valence-corrected chi connectivity index (χ1v) is 6.42. The highest BCUT2D eigenvalue weighted by Crippen LogP contribution is 2.38. The van der Waals surface area contributed by atoms with Crippen molar-refractivity contribution in [3.05, 3.63) is 53.6 Å². The number of carbonyl (C=O) groups is 1. The van der Waals surface area contributed by atoms with Crippen LogP contribution in [-0.4, -0.2) is 16.6 Å². The minimum absolute atomic E-state index is 0. The molecule has 0 atom stereocenters. The van der Waals surface area contributed by atoms with Gasteiger partial charge < -0.3 is 15.9 Å². The molecule has 1 aliphatic heterocycles. The van der Waals surface area contributed by atoms with Crippen molar-refractivity contribution in [3.63, 3.8) is 0 Å². The van der Waals surface area contributed by atoms with Gasteiger partial charge in [0.1, 0.15) is 0 Å². The number of hydrogen-bond donors (Lipinski definition) is 2. The van der Waals surface area contributed by atoms with Crippen LogP contribution in [0, 0.1) is 0 Å². The van der Waals surface area contributed by atoms with E-state index in [-0.39, 0.29) is 5.48 Å². The molecule has 0 radical (unpaired) electrons. The van der Waals surface area contributed by atoms with Crippen LogP contribution in [0.2, 0.25) is 0 Å². The molecule has 1 aliphatic rings. The number of rotatable bonds is 1. The summed E-state index contributed by atoms with van der Waals surface area (Å²) in [5, 5.41) is 12.3. The summed E-state index contributed by atoms with van der Waals surface area (Å²) in [5.74, 6) is -0.897. The molecule has 0 fully saturated rings. The van der Waals surface area contributed by atoms with Crippen LogP contribution < -0.4 is 5.32 Å². The van der Waals surface area contributed by atoms with Gasteiger partial charge in [-0.25, -0.2) is 4.79 Å². The van der Waals surface area contributed by atoms with Crippen molar-refractivity contribution >= 4 is 23.4 Å². The Hall–Kier alpha value is -1.98.